The fraction of sp³-hybridized carbons (Fsp3) is 0.500. The first-order chi connectivity index (χ1) is 7.93. The standard InChI is InChI=1S/C14H22N2O/c1-4-11-5-7-12(8-6-11)10-16-14(2,3)9-13(15)17/h5-8,16H,4,9-10H2,1-3H3,(H2,15,17). The Morgan fingerprint density at radius 3 is 2.24 bits per heavy atom. The molecular formula is C14H22N2O. The van der Waals surface area contributed by atoms with E-state index in [0.29, 0.717) is 6.42 Å². The third-order valence-electron chi connectivity index (χ3n) is 2.82. The SMILES string of the molecule is CCc1ccc(CNC(C)(C)CC(N)=O)cc1. The largest absolute Gasteiger partial charge is 0.370 e. The van der Waals surface area contributed by atoms with Crippen molar-refractivity contribution < 1.29 is 4.79 Å². The number of primary amides is 1. The van der Waals surface area contributed by atoms with Crippen molar-refractivity contribution in [3.63, 3.8) is 0 Å². The summed E-state index contributed by atoms with van der Waals surface area (Å²) in [7, 11) is 0. The van der Waals surface area contributed by atoms with Crippen LogP contribution in [-0.4, -0.2) is 11.4 Å². The van der Waals surface area contributed by atoms with Crippen LogP contribution in [0.1, 0.15) is 38.3 Å². The second-order valence-electron chi connectivity index (χ2n) is 5.05. The minimum absolute atomic E-state index is 0.255. The van der Waals surface area contributed by atoms with Crippen molar-refractivity contribution in [2.24, 2.45) is 5.73 Å². The molecule has 0 saturated carbocycles. The second kappa shape index (κ2) is 5.82. The number of hydrogen-bond acceptors (Lipinski definition) is 2. The summed E-state index contributed by atoms with van der Waals surface area (Å²) in [6, 6.07) is 8.51. The zero-order valence-corrected chi connectivity index (χ0v) is 10.9. The van der Waals surface area contributed by atoms with Crippen LogP contribution in [-0.2, 0) is 17.8 Å². The van der Waals surface area contributed by atoms with Gasteiger partial charge in [0.2, 0.25) is 5.91 Å². The van der Waals surface area contributed by atoms with Gasteiger partial charge in [0.25, 0.3) is 0 Å². The molecule has 1 aromatic carbocycles. The second-order valence-corrected chi connectivity index (χ2v) is 5.05. The number of rotatable bonds is 6. The lowest BCUT2D eigenvalue weighted by Crippen LogP contribution is -2.42. The molecule has 0 aliphatic heterocycles. The fourth-order valence-corrected chi connectivity index (χ4v) is 1.73. The first-order valence-corrected chi connectivity index (χ1v) is 6.04. The Hall–Kier alpha value is -1.35. The average Bonchev–Trinajstić information content (AvgIpc) is 2.25. The molecule has 1 rings (SSSR count). The molecule has 3 heteroatoms. The van der Waals surface area contributed by atoms with Gasteiger partial charge < -0.3 is 11.1 Å². The van der Waals surface area contributed by atoms with E-state index < -0.39 is 0 Å². The number of nitrogens with one attached hydrogen (secondary N) is 1. The summed E-state index contributed by atoms with van der Waals surface area (Å²) in [5, 5.41) is 3.34. The van der Waals surface area contributed by atoms with Crippen molar-refractivity contribution in [3.8, 4) is 0 Å². The molecule has 0 aromatic heterocycles. The summed E-state index contributed by atoms with van der Waals surface area (Å²) < 4.78 is 0. The van der Waals surface area contributed by atoms with Crippen LogP contribution in [0.5, 0.6) is 0 Å². The zero-order valence-electron chi connectivity index (χ0n) is 10.9. The van der Waals surface area contributed by atoms with E-state index in [2.05, 4.69) is 36.5 Å². The Kier molecular flexibility index (Phi) is 4.70. The summed E-state index contributed by atoms with van der Waals surface area (Å²) in [6.07, 6.45) is 1.40. The van der Waals surface area contributed by atoms with E-state index >= 15 is 0 Å². The molecule has 1 aromatic rings. The Morgan fingerprint density at radius 2 is 1.76 bits per heavy atom. The number of carbonyl (C=O) groups excluding carboxylic acids is 1. The van der Waals surface area contributed by atoms with E-state index in [0.717, 1.165) is 13.0 Å². The third-order valence-corrected chi connectivity index (χ3v) is 2.82. The van der Waals surface area contributed by atoms with E-state index in [-0.39, 0.29) is 11.4 Å². The normalized spacial score (nSPS) is 11.5. The molecular weight excluding hydrogens is 212 g/mol. The molecule has 0 saturated heterocycles. The van der Waals surface area contributed by atoms with Gasteiger partial charge in [0.05, 0.1) is 0 Å². The van der Waals surface area contributed by atoms with Crippen molar-refractivity contribution in [1.29, 1.82) is 0 Å². The zero-order chi connectivity index (χ0) is 12.9. The first-order valence-electron chi connectivity index (χ1n) is 6.04. The van der Waals surface area contributed by atoms with Gasteiger partial charge in [-0.25, -0.2) is 0 Å². The molecule has 0 atom stereocenters. The maximum atomic E-state index is 10.9. The summed E-state index contributed by atoms with van der Waals surface area (Å²) in [6.45, 7) is 6.86. The molecule has 1 amide bonds. The van der Waals surface area contributed by atoms with Crippen molar-refractivity contribution in [3.05, 3.63) is 35.4 Å². The Morgan fingerprint density at radius 1 is 1.24 bits per heavy atom. The molecule has 0 heterocycles. The van der Waals surface area contributed by atoms with Gasteiger partial charge in [0, 0.05) is 18.5 Å². The Bertz CT molecular complexity index is 368. The molecule has 0 unspecified atom stereocenters. The van der Waals surface area contributed by atoms with E-state index in [4.69, 9.17) is 5.73 Å². The van der Waals surface area contributed by atoms with Gasteiger partial charge in [-0.1, -0.05) is 31.2 Å². The van der Waals surface area contributed by atoms with E-state index in [9.17, 15) is 4.79 Å². The minimum Gasteiger partial charge on any atom is -0.370 e. The lowest BCUT2D eigenvalue weighted by Gasteiger charge is -2.24. The van der Waals surface area contributed by atoms with Gasteiger partial charge in [-0.3, -0.25) is 4.79 Å². The predicted molar refractivity (Wildman–Crippen MR) is 70.6 cm³/mol. The van der Waals surface area contributed by atoms with Gasteiger partial charge in [0.15, 0.2) is 0 Å². The number of amides is 1. The third kappa shape index (κ3) is 5.00. The highest BCUT2D eigenvalue weighted by atomic mass is 16.1. The van der Waals surface area contributed by atoms with Crippen molar-refractivity contribution in [2.45, 2.75) is 45.7 Å². The van der Waals surface area contributed by atoms with Gasteiger partial charge in [0.1, 0.15) is 0 Å². The van der Waals surface area contributed by atoms with Gasteiger partial charge >= 0.3 is 0 Å². The predicted octanol–water partition coefficient (Wildman–Crippen LogP) is 1.99. The number of nitrogens with two attached hydrogens (primary N) is 1. The lowest BCUT2D eigenvalue weighted by atomic mass is 9.99. The van der Waals surface area contributed by atoms with Gasteiger partial charge in [-0.05, 0) is 31.4 Å². The van der Waals surface area contributed by atoms with Crippen LogP contribution in [0, 0.1) is 0 Å². The minimum atomic E-state index is -0.274. The van der Waals surface area contributed by atoms with Crippen molar-refractivity contribution in [2.75, 3.05) is 0 Å². The van der Waals surface area contributed by atoms with Crippen molar-refractivity contribution in [1.82, 2.24) is 5.32 Å². The molecule has 3 N–H and O–H groups in total. The molecule has 3 nitrogen and oxygen atoms in total. The summed E-state index contributed by atoms with van der Waals surface area (Å²) in [5.74, 6) is -0.274. The maximum Gasteiger partial charge on any atom is 0.219 e. The Balaban J connectivity index is 2.51. The summed E-state index contributed by atoms with van der Waals surface area (Å²) in [5.41, 5.74) is 7.51. The molecule has 94 valence electrons. The maximum absolute atomic E-state index is 10.9. The molecule has 17 heavy (non-hydrogen) atoms. The highest BCUT2D eigenvalue weighted by Gasteiger charge is 2.19. The van der Waals surface area contributed by atoms with Crippen LogP contribution in [0.25, 0.3) is 0 Å². The van der Waals surface area contributed by atoms with E-state index in [1.54, 1.807) is 0 Å². The average molecular weight is 234 g/mol. The first kappa shape index (κ1) is 13.7. The highest BCUT2D eigenvalue weighted by molar-refractivity contribution is 5.74. The number of hydrogen-bond donors (Lipinski definition) is 2. The van der Waals surface area contributed by atoms with Crippen LogP contribution in [0.4, 0.5) is 0 Å². The lowest BCUT2D eigenvalue weighted by molar-refractivity contribution is -0.119. The van der Waals surface area contributed by atoms with Gasteiger partial charge in [-0.15, -0.1) is 0 Å². The summed E-state index contributed by atoms with van der Waals surface area (Å²) >= 11 is 0. The smallest absolute Gasteiger partial charge is 0.219 e. The molecule has 0 spiro atoms. The van der Waals surface area contributed by atoms with Crippen LogP contribution in [0.3, 0.4) is 0 Å². The summed E-state index contributed by atoms with van der Waals surface area (Å²) in [4.78, 5) is 10.9. The van der Waals surface area contributed by atoms with E-state index in [1.807, 2.05) is 13.8 Å². The number of benzene rings is 1. The quantitative estimate of drug-likeness (QED) is 0.791. The van der Waals surface area contributed by atoms with Gasteiger partial charge in [-0.2, -0.15) is 0 Å². The molecule has 0 fully saturated rings. The van der Waals surface area contributed by atoms with E-state index in [1.165, 1.54) is 11.1 Å². The van der Waals surface area contributed by atoms with Crippen LogP contribution < -0.4 is 11.1 Å². The fourth-order valence-electron chi connectivity index (χ4n) is 1.73. The number of aryl methyl sites for hydroxylation is 1. The van der Waals surface area contributed by atoms with Crippen LogP contribution in [0.15, 0.2) is 24.3 Å². The molecule has 0 aliphatic rings. The number of carbonyl (C=O) groups is 1. The van der Waals surface area contributed by atoms with Crippen molar-refractivity contribution >= 4 is 5.91 Å². The molecule has 0 radical (unpaired) electrons. The topological polar surface area (TPSA) is 55.1 Å². The molecule has 0 aliphatic carbocycles. The Labute approximate surface area is 103 Å². The van der Waals surface area contributed by atoms with Crippen LogP contribution >= 0.6 is 0 Å². The monoisotopic (exact) mass is 234 g/mol. The van der Waals surface area contributed by atoms with Crippen LogP contribution in [0.2, 0.25) is 0 Å². The molecule has 0 bridgehead atoms. The highest BCUT2D eigenvalue weighted by Crippen LogP contribution is 2.10.